The summed E-state index contributed by atoms with van der Waals surface area (Å²) in [5, 5.41) is 5.75. The van der Waals surface area contributed by atoms with Gasteiger partial charge in [-0.25, -0.2) is 9.98 Å². The topological polar surface area (TPSA) is 119 Å². The van der Waals surface area contributed by atoms with Crippen molar-refractivity contribution in [3.63, 3.8) is 0 Å². The molecule has 3 fully saturated rings. The number of imide groups is 1. The number of carbonyl (C=O) groups excluding carboxylic acids is 3. The zero-order valence-electron chi connectivity index (χ0n) is 21.8. The number of likely N-dealkylation sites (tertiary alicyclic amines) is 1. The Morgan fingerprint density at radius 2 is 1.89 bits per heavy atom. The number of aliphatic imine (C=N–C) groups is 1. The van der Waals surface area contributed by atoms with Crippen LogP contribution in [0.2, 0.25) is 0 Å². The van der Waals surface area contributed by atoms with Crippen LogP contribution in [0.1, 0.15) is 51.4 Å². The Hall–Kier alpha value is -3.47. The van der Waals surface area contributed by atoms with Crippen LogP contribution in [0.4, 0.5) is 5.69 Å². The molecule has 2 saturated heterocycles. The number of nitrogens with zero attached hydrogens (tertiary/aromatic N) is 5. The number of anilines is 1. The van der Waals surface area contributed by atoms with Gasteiger partial charge in [0, 0.05) is 43.9 Å². The number of allylic oxidation sites excluding steroid dienone is 1. The summed E-state index contributed by atoms with van der Waals surface area (Å²) in [6.07, 6.45) is 9.43. The second kappa shape index (κ2) is 10.0. The first-order valence-electron chi connectivity index (χ1n) is 13.7. The monoisotopic (exact) mass is 521 g/mol. The quantitative estimate of drug-likeness (QED) is 0.411. The van der Waals surface area contributed by atoms with Crippen LogP contribution in [-0.4, -0.2) is 89.2 Å². The molecule has 1 spiro atoms. The lowest BCUT2D eigenvalue weighted by molar-refractivity contribution is -0.151. The maximum atomic E-state index is 13.9. The van der Waals surface area contributed by atoms with Crippen LogP contribution in [0.25, 0.3) is 0 Å². The highest BCUT2D eigenvalue weighted by atomic mass is 16.5. The van der Waals surface area contributed by atoms with E-state index in [4.69, 9.17) is 9.73 Å². The molecule has 11 nitrogen and oxygen atoms in total. The summed E-state index contributed by atoms with van der Waals surface area (Å²) in [6, 6.07) is 3.76. The van der Waals surface area contributed by atoms with E-state index in [1.807, 2.05) is 24.1 Å². The zero-order valence-corrected chi connectivity index (χ0v) is 21.8. The Morgan fingerprint density at radius 3 is 2.58 bits per heavy atom. The molecule has 38 heavy (non-hydrogen) atoms. The van der Waals surface area contributed by atoms with Crippen molar-refractivity contribution in [2.45, 2.75) is 63.7 Å². The highest BCUT2D eigenvalue weighted by Gasteiger charge is 2.59. The average molecular weight is 522 g/mol. The van der Waals surface area contributed by atoms with Gasteiger partial charge in [-0.2, -0.15) is 0 Å². The van der Waals surface area contributed by atoms with Gasteiger partial charge < -0.3 is 15.0 Å². The fraction of sp³-hybridized carbons (Fsp3) is 0.593. The molecule has 5 aliphatic rings. The second-order valence-corrected chi connectivity index (χ2v) is 11.0. The summed E-state index contributed by atoms with van der Waals surface area (Å²) in [7, 11) is 1.90. The lowest BCUT2D eigenvalue weighted by Gasteiger charge is -2.47. The summed E-state index contributed by atoms with van der Waals surface area (Å²) in [6.45, 7) is 3.81. The van der Waals surface area contributed by atoms with E-state index in [-0.39, 0.29) is 24.8 Å². The van der Waals surface area contributed by atoms with Crippen LogP contribution in [0.3, 0.4) is 0 Å². The minimum Gasteiger partial charge on any atom is -0.476 e. The molecule has 11 heteroatoms. The average Bonchev–Trinajstić information content (AvgIpc) is 3.67. The van der Waals surface area contributed by atoms with E-state index >= 15 is 0 Å². The van der Waals surface area contributed by atoms with Gasteiger partial charge in [-0.3, -0.25) is 29.5 Å². The van der Waals surface area contributed by atoms with Crippen molar-refractivity contribution in [2.24, 2.45) is 10.4 Å². The van der Waals surface area contributed by atoms with Gasteiger partial charge in [0.15, 0.2) is 6.29 Å². The van der Waals surface area contributed by atoms with Gasteiger partial charge >= 0.3 is 0 Å². The summed E-state index contributed by atoms with van der Waals surface area (Å²) >= 11 is 0. The lowest BCUT2D eigenvalue weighted by atomic mass is 9.75. The number of aromatic nitrogens is 1. The molecule has 1 aromatic rings. The predicted molar refractivity (Wildman–Crippen MR) is 140 cm³/mol. The first kappa shape index (κ1) is 24.8. The Morgan fingerprint density at radius 1 is 1.11 bits per heavy atom. The molecular weight excluding hydrogens is 486 g/mol. The van der Waals surface area contributed by atoms with Crippen LogP contribution < -0.4 is 15.4 Å². The van der Waals surface area contributed by atoms with Gasteiger partial charge in [0.05, 0.1) is 18.3 Å². The number of carbonyl (C=O) groups is 3. The molecule has 2 N–H and O–H groups in total. The molecule has 6 rings (SSSR count). The van der Waals surface area contributed by atoms with Crippen LogP contribution >= 0.6 is 0 Å². The molecule has 0 bridgehead atoms. The number of rotatable bonds is 7. The van der Waals surface area contributed by atoms with E-state index in [1.54, 1.807) is 17.3 Å². The van der Waals surface area contributed by atoms with E-state index in [1.165, 1.54) is 12.8 Å². The zero-order chi connectivity index (χ0) is 26.3. The number of amides is 3. The smallest absolute Gasteiger partial charge is 0.244 e. The first-order chi connectivity index (χ1) is 18.4. The van der Waals surface area contributed by atoms with Crippen molar-refractivity contribution in [3.8, 4) is 5.88 Å². The van der Waals surface area contributed by atoms with Crippen molar-refractivity contribution >= 4 is 29.6 Å². The predicted octanol–water partition coefficient (Wildman–Crippen LogP) is 1.69. The first-order valence-corrected chi connectivity index (χ1v) is 13.7. The van der Waals surface area contributed by atoms with Gasteiger partial charge in [0.2, 0.25) is 23.6 Å². The lowest BCUT2D eigenvalue weighted by Crippen LogP contribution is -2.59. The number of nitrogens with one attached hydrogen (secondary N) is 2. The van der Waals surface area contributed by atoms with Crippen LogP contribution in [0, 0.1) is 5.41 Å². The summed E-state index contributed by atoms with van der Waals surface area (Å²) in [4.78, 5) is 54.2. The van der Waals surface area contributed by atoms with Crippen LogP contribution in [0.15, 0.2) is 34.7 Å². The summed E-state index contributed by atoms with van der Waals surface area (Å²) in [5.74, 6) is 0.189. The minimum absolute atomic E-state index is 0.00133. The molecule has 2 atom stereocenters. The van der Waals surface area contributed by atoms with Crippen LogP contribution in [-0.2, 0) is 14.4 Å². The fourth-order valence-corrected chi connectivity index (χ4v) is 6.42. The van der Waals surface area contributed by atoms with Gasteiger partial charge in [0.1, 0.15) is 17.8 Å². The molecule has 4 aliphatic heterocycles. The molecule has 0 radical (unpaired) electrons. The molecule has 1 saturated carbocycles. The third-order valence-electron chi connectivity index (χ3n) is 8.44. The molecule has 0 aromatic carbocycles. The maximum Gasteiger partial charge on any atom is 0.244 e. The number of ether oxygens (including phenoxy) is 1. The number of pyridine rings is 1. The van der Waals surface area contributed by atoms with Crippen molar-refractivity contribution in [1.82, 2.24) is 25.0 Å². The van der Waals surface area contributed by atoms with Gasteiger partial charge in [-0.05, 0) is 44.8 Å². The van der Waals surface area contributed by atoms with Gasteiger partial charge in [-0.1, -0.05) is 12.8 Å². The highest BCUT2D eigenvalue weighted by Crippen LogP contribution is 2.46. The Bertz CT molecular complexity index is 1170. The van der Waals surface area contributed by atoms with Crippen molar-refractivity contribution in [1.29, 1.82) is 0 Å². The molecule has 1 aliphatic carbocycles. The normalized spacial score (nSPS) is 28.0. The molecule has 3 amide bonds. The Labute approximate surface area is 222 Å². The third kappa shape index (κ3) is 4.42. The van der Waals surface area contributed by atoms with Gasteiger partial charge in [0.25, 0.3) is 0 Å². The van der Waals surface area contributed by atoms with Crippen LogP contribution in [0.5, 0.6) is 5.88 Å². The van der Waals surface area contributed by atoms with Crippen molar-refractivity contribution in [3.05, 3.63) is 29.7 Å². The largest absolute Gasteiger partial charge is 0.476 e. The van der Waals surface area contributed by atoms with Crippen molar-refractivity contribution in [2.75, 3.05) is 38.6 Å². The van der Waals surface area contributed by atoms with E-state index < -0.39 is 23.5 Å². The minimum atomic E-state index is -1.37. The third-order valence-corrected chi connectivity index (χ3v) is 8.44. The molecular formula is C27H35N7O4. The number of hydrogen-bond acceptors (Lipinski definition) is 9. The van der Waals surface area contributed by atoms with E-state index in [2.05, 4.69) is 20.5 Å². The summed E-state index contributed by atoms with van der Waals surface area (Å²) in [5.41, 5.74) is 0.212. The second-order valence-electron chi connectivity index (χ2n) is 11.0. The highest BCUT2D eigenvalue weighted by molar-refractivity contribution is 6.19. The SMILES string of the molecule is CN1C2=C(C=NC1Nc1ccc(OCCN3CCCC3)nc1)CC1(CC(=O)NC1=O)C(=O)N2C1CCCC1. The van der Waals surface area contributed by atoms with E-state index in [0.29, 0.717) is 12.5 Å². The summed E-state index contributed by atoms with van der Waals surface area (Å²) < 4.78 is 5.82. The van der Waals surface area contributed by atoms with Crippen molar-refractivity contribution < 1.29 is 19.1 Å². The van der Waals surface area contributed by atoms with E-state index in [0.717, 1.165) is 62.4 Å². The Balaban J connectivity index is 1.17. The molecule has 2 unspecified atom stereocenters. The Kier molecular flexibility index (Phi) is 6.55. The fourth-order valence-electron chi connectivity index (χ4n) is 6.42. The molecule has 5 heterocycles. The molecule has 202 valence electrons. The standard InChI is InChI=1S/C27H35N7O4/c1-32-23-18(14-27(15-21(35)31-24(27)36)25(37)34(23)20-6-2-3-7-20)16-29-26(32)30-19-8-9-22(28-17-19)38-13-12-33-10-4-5-11-33/h8-9,16-17,20,26,30H,2-7,10-15H2,1H3,(H,31,35,36). The van der Waals surface area contributed by atoms with E-state index in [9.17, 15) is 14.4 Å². The maximum absolute atomic E-state index is 13.9. The molecule has 1 aromatic heterocycles. The van der Waals surface area contributed by atoms with Gasteiger partial charge in [-0.15, -0.1) is 0 Å². The number of hydrogen-bond donors (Lipinski definition) is 2.